The fourth-order valence-corrected chi connectivity index (χ4v) is 2.88. The van der Waals surface area contributed by atoms with Crippen molar-refractivity contribution in [3.8, 4) is 0 Å². The van der Waals surface area contributed by atoms with Crippen LogP contribution in [0, 0.1) is 0 Å². The van der Waals surface area contributed by atoms with Crippen LogP contribution in [0.4, 0.5) is 0 Å². The fourth-order valence-electron chi connectivity index (χ4n) is 2.88. The van der Waals surface area contributed by atoms with E-state index in [0.717, 1.165) is 10.5 Å². The molecular formula is C14H18ClN3O4. The number of amides is 2. The summed E-state index contributed by atoms with van der Waals surface area (Å²) < 4.78 is 0. The average Bonchev–Trinajstić information content (AvgIpc) is 2.71. The van der Waals surface area contributed by atoms with E-state index in [9.17, 15) is 19.8 Å². The van der Waals surface area contributed by atoms with Crippen LogP contribution in [0.5, 0.6) is 0 Å². The van der Waals surface area contributed by atoms with E-state index in [2.05, 4.69) is 5.32 Å². The van der Waals surface area contributed by atoms with Crippen molar-refractivity contribution in [3.63, 3.8) is 0 Å². The molecule has 2 amide bonds. The summed E-state index contributed by atoms with van der Waals surface area (Å²) in [6.45, 7) is 0.286. The predicted molar refractivity (Wildman–Crippen MR) is 80.3 cm³/mol. The third-order valence-electron chi connectivity index (χ3n) is 4.01. The van der Waals surface area contributed by atoms with Crippen molar-refractivity contribution in [1.29, 1.82) is 0 Å². The van der Waals surface area contributed by atoms with Gasteiger partial charge in [-0.3, -0.25) is 19.8 Å². The van der Waals surface area contributed by atoms with Gasteiger partial charge in [-0.2, -0.15) is 0 Å². The van der Waals surface area contributed by atoms with Gasteiger partial charge in [0.2, 0.25) is 0 Å². The largest absolute Gasteiger partial charge is 0.379 e. The lowest BCUT2D eigenvalue weighted by Gasteiger charge is -2.36. The molecule has 3 rings (SSSR count). The van der Waals surface area contributed by atoms with Crippen LogP contribution in [0.1, 0.15) is 39.1 Å². The molecule has 1 aromatic rings. The first-order chi connectivity index (χ1) is 10.0. The van der Waals surface area contributed by atoms with Crippen molar-refractivity contribution in [3.05, 3.63) is 34.9 Å². The summed E-state index contributed by atoms with van der Waals surface area (Å²) in [5.41, 5.74) is 6.97. The van der Waals surface area contributed by atoms with Crippen LogP contribution in [0.25, 0.3) is 0 Å². The highest BCUT2D eigenvalue weighted by atomic mass is 35.5. The van der Waals surface area contributed by atoms with Gasteiger partial charge in [-0.1, -0.05) is 6.07 Å². The second-order valence-electron chi connectivity index (χ2n) is 5.34. The van der Waals surface area contributed by atoms with Gasteiger partial charge in [-0.25, -0.2) is 0 Å². The number of halogens is 1. The van der Waals surface area contributed by atoms with E-state index in [1.54, 1.807) is 18.2 Å². The van der Waals surface area contributed by atoms with Crippen molar-refractivity contribution in [2.24, 2.45) is 5.73 Å². The Kier molecular flexibility index (Phi) is 4.84. The molecule has 1 saturated heterocycles. The Morgan fingerprint density at radius 2 is 1.86 bits per heavy atom. The highest BCUT2D eigenvalue weighted by molar-refractivity contribution is 6.21. The van der Waals surface area contributed by atoms with Crippen LogP contribution in [0.15, 0.2) is 18.2 Å². The highest BCUT2D eigenvalue weighted by Gasteiger charge is 2.44. The monoisotopic (exact) mass is 327 g/mol. The van der Waals surface area contributed by atoms with Crippen molar-refractivity contribution in [2.75, 3.05) is 0 Å². The summed E-state index contributed by atoms with van der Waals surface area (Å²) in [7, 11) is 0. The maximum atomic E-state index is 12.5. The molecule has 7 nitrogen and oxygen atoms in total. The van der Waals surface area contributed by atoms with E-state index >= 15 is 0 Å². The molecule has 5 N–H and O–H groups in total. The van der Waals surface area contributed by atoms with Crippen molar-refractivity contribution < 1.29 is 19.8 Å². The minimum atomic E-state index is -1.13. The molecule has 0 radical (unpaired) electrons. The topological polar surface area (TPSA) is 116 Å². The van der Waals surface area contributed by atoms with E-state index in [1.165, 1.54) is 0 Å². The molecule has 0 spiro atoms. The van der Waals surface area contributed by atoms with Gasteiger partial charge in [0.15, 0.2) is 0 Å². The van der Waals surface area contributed by atoms with E-state index in [4.69, 9.17) is 5.73 Å². The summed E-state index contributed by atoms with van der Waals surface area (Å²) in [6, 6.07) is 4.25. The van der Waals surface area contributed by atoms with Crippen LogP contribution in [-0.2, 0) is 6.54 Å². The molecule has 0 saturated carbocycles. The van der Waals surface area contributed by atoms with Crippen molar-refractivity contribution in [1.82, 2.24) is 10.2 Å². The van der Waals surface area contributed by atoms with E-state index in [0.29, 0.717) is 24.0 Å². The van der Waals surface area contributed by atoms with Crippen LogP contribution in [0.3, 0.4) is 0 Å². The Morgan fingerprint density at radius 3 is 2.50 bits per heavy atom. The summed E-state index contributed by atoms with van der Waals surface area (Å²) >= 11 is 0. The minimum Gasteiger partial charge on any atom is -0.379 e. The zero-order valence-corrected chi connectivity index (χ0v) is 12.5. The maximum absolute atomic E-state index is 12.5. The molecule has 1 aromatic carbocycles. The molecule has 2 heterocycles. The summed E-state index contributed by atoms with van der Waals surface area (Å²) in [5, 5.41) is 22.0. The number of fused-ring (bicyclic) bond motifs is 1. The first-order valence-electron chi connectivity index (χ1n) is 6.86. The molecule has 0 aliphatic carbocycles. The smallest absolute Gasteiger partial charge is 0.261 e. The predicted octanol–water partition coefficient (Wildman–Crippen LogP) is -0.448. The van der Waals surface area contributed by atoms with Gasteiger partial charge in [0.1, 0.15) is 12.5 Å². The Labute approximate surface area is 133 Å². The van der Waals surface area contributed by atoms with Gasteiger partial charge < -0.3 is 15.9 Å². The number of hydrogen-bond donors (Lipinski definition) is 4. The number of nitrogens with zero attached hydrogens (tertiary/aromatic N) is 1. The number of carbonyl (C=O) groups excluding carboxylic acids is 2. The number of nitrogens with two attached hydrogens (primary N) is 1. The summed E-state index contributed by atoms with van der Waals surface area (Å²) in [4.78, 5) is 25.9. The molecular weight excluding hydrogens is 310 g/mol. The molecule has 22 heavy (non-hydrogen) atoms. The number of benzene rings is 1. The van der Waals surface area contributed by atoms with Crippen molar-refractivity contribution in [2.45, 2.75) is 37.9 Å². The van der Waals surface area contributed by atoms with Crippen LogP contribution < -0.4 is 11.1 Å². The Morgan fingerprint density at radius 1 is 1.18 bits per heavy atom. The van der Waals surface area contributed by atoms with Gasteiger partial charge in [-0.15, -0.1) is 12.4 Å². The minimum absolute atomic E-state index is 0. The quantitative estimate of drug-likeness (QED) is 0.547. The van der Waals surface area contributed by atoms with Crippen LogP contribution in [0.2, 0.25) is 0 Å². The van der Waals surface area contributed by atoms with Gasteiger partial charge in [-0.05, 0) is 30.5 Å². The number of hydrogen-bond acceptors (Lipinski definition) is 6. The number of rotatable bonds is 2. The number of aliphatic hydroxyl groups is 2. The van der Waals surface area contributed by atoms with Gasteiger partial charge in [0.05, 0.1) is 17.2 Å². The second-order valence-corrected chi connectivity index (χ2v) is 5.34. The third-order valence-corrected chi connectivity index (χ3v) is 4.01. The van der Waals surface area contributed by atoms with Crippen LogP contribution in [-0.4, -0.2) is 45.4 Å². The lowest BCUT2D eigenvalue weighted by Crippen LogP contribution is -2.58. The third kappa shape index (κ3) is 2.62. The maximum Gasteiger partial charge on any atom is 0.261 e. The van der Waals surface area contributed by atoms with Crippen molar-refractivity contribution >= 4 is 24.2 Å². The highest BCUT2D eigenvalue weighted by Crippen LogP contribution is 2.29. The second kappa shape index (κ2) is 6.31. The zero-order chi connectivity index (χ0) is 15.1. The lowest BCUT2D eigenvalue weighted by atomic mass is 10.0. The number of imide groups is 1. The molecule has 1 fully saturated rings. The number of piperidine rings is 1. The summed E-state index contributed by atoms with van der Waals surface area (Å²) in [6.07, 6.45) is -1.24. The molecule has 0 aromatic heterocycles. The molecule has 2 aliphatic heterocycles. The first kappa shape index (κ1) is 16.9. The molecule has 120 valence electrons. The Hall–Kier alpha value is -1.51. The molecule has 3 unspecified atom stereocenters. The van der Waals surface area contributed by atoms with E-state index in [1.807, 2.05) is 0 Å². The Balaban J connectivity index is 0.00000176. The molecule has 3 atom stereocenters. The van der Waals surface area contributed by atoms with Crippen LogP contribution >= 0.6 is 12.4 Å². The number of nitrogens with one attached hydrogen (secondary N) is 1. The Bertz CT molecular complexity index is 610. The van der Waals surface area contributed by atoms with Gasteiger partial charge >= 0.3 is 0 Å². The standard InChI is InChI=1S/C14H17N3O4.ClH/c15-6-7-1-2-8-9(5-7)14(21)17(13(8)20)10-3-4-11(18)16-12(10)19;/h1-2,5,10-12,16,18-19H,3-4,6,15H2;1H. The molecule has 0 bridgehead atoms. The number of carbonyl (C=O) groups is 2. The zero-order valence-electron chi connectivity index (χ0n) is 11.7. The average molecular weight is 328 g/mol. The number of aliphatic hydroxyl groups excluding tert-OH is 2. The summed E-state index contributed by atoms with van der Waals surface area (Å²) in [5.74, 6) is -0.839. The van der Waals surface area contributed by atoms with Gasteiger partial charge in [0, 0.05) is 6.54 Å². The normalized spacial score (nSPS) is 27.6. The fraction of sp³-hybridized carbons (Fsp3) is 0.429. The molecule has 2 aliphatic rings. The lowest BCUT2D eigenvalue weighted by molar-refractivity contribution is -0.0413. The van der Waals surface area contributed by atoms with E-state index in [-0.39, 0.29) is 19.0 Å². The SMILES string of the molecule is Cl.NCc1ccc2c(c1)C(=O)N(C1CCC(O)NC1O)C2=O. The van der Waals surface area contributed by atoms with E-state index < -0.39 is 30.3 Å². The molecule has 8 heteroatoms. The first-order valence-corrected chi connectivity index (χ1v) is 6.86. The van der Waals surface area contributed by atoms with Gasteiger partial charge in [0.25, 0.3) is 11.8 Å².